The van der Waals surface area contributed by atoms with E-state index in [2.05, 4.69) is 13.0 Å². The molecule has 0 unspecified atom stereocenters. The zero-order valence-electron chi connectivity index (χ0n) is 11.6. The van der Waals surface area contributed by atoms with E-state index in [1.165, 1.54) is 16.7 Å². The smallest absolute Gasteiger partial charge is 0.332 e. The van der Waals surface area contributed by atoms with Crippen LogP contribution in [0.5, 0.6) is 0 Å². The fourth-order valence-corrected chi connectivity index (χ4v) is 2.46. The van der Waals surface area contributed by atoms with Gasteiger partial charge in [0, 0.05) is 6.42 Å². The first kappa shape index (κ1) is 14.8. The molecule has 1 aliphatic rings. The van der Waals surface area contributed by atoms with Crippen LogP contribution in [0.2, 0.25) is 0 Å². The Morgan fingerprint density at radius 1 is 1.45 bits per heavy atom. The van der Waals surface area contributed by atoms with Crippen LogP contribution in [0.15, 0.2) is 24.3 Å². The van der Waals surface area contributed by atoms with Gasteiger partial charge in [0.2, 0.25) is 0 Å². The van der Waals surface area contributed by atoms with Crippen LogP contribution in [0.1, 0.15) is 30.0 Å². The van der Waals surface area contributed by atoms with Crippen LogP contribution in [-0.2, 0) is 22.4 Å². The van der Waals surface area contributed by atoms with Gasteiger partial charge in [-0.15, -0.1) is 0 Å². The van der Waals surface area contributed by atoms with Gasteiger partial charge in [0.25, 0.3) is 0 Å². The highest BCUT2D eigenvalue weighted by Crippen LogP contribution is 2.26. The van der Waals surface area contributed by atoms with Crippen LogP contribution in [0, 0.1) is 0 Å². The Labute approximate surface area is 118 Å². The molecule has 2 N–H and O–H groups in total. The Bertz CT molecular complexity index is 519. The molecule has 20 heavy (non-hydrogen) atoms. The number of aliphatic hydroxyl groups excluding tert-OH is 1. The minimum absolute atomic E-state index is 0.144. The van der Waals surface area contributed by atoms with Gasteiger partial charge in [0.05, 0.1) is 13.2 Å². The van der Waals surface area contributed by atoms with Crippen molar-refractivity contribution in [2.45, 2.75) is 32.3 Å². The number of carboxylic acids is 1. The van der Waals surface area contributed by atoms with E-state index < -0.39 is 12.1 Å². The largest absolute Gasteiger partial charge is 0.479 e. The molecule has 2 rings (SSSR count). The van der Waals surface area contributed by atoms with E-state index in [1.54, 1.807) is 0 Å². The van der Waals surface area contributed by atoms with Crippen LogP contribution in [0.4, 0.5) is 0 Å². The lowest BCUT2D eigenvalue weighted by atomic mass is 9.92. The molecule has 4 heteroatoms. The van der Waals surface area contributed by atoms with E-state index >= 15 is 0 Å². The van der Waals surface area contributed by atoms with E-state index in [-0.39, 0.29) is 6.42 Å². The molecule has 1 heterocycles. The molecular weight excluding hydrogens is 256 g/mol. The van der Waals surface area contributed by atoms with Gasteiger partial charge in [-0.3, -0.25) is 0 Å². The maximum Gasteiger partial charge on any atom is 0.332 e. The van der Waals surface area contributed by atoms with Crippen molar-refractivity contribution in [2.75, 3.05) is 13.2 Å². The minimum atomic E-state index is -1.34. The Hall–Kier alpha value is -1.65. The van der Waals surface area contributed by atoms with E-state index in [1.807, 2.05) is 18.2 Å². The second-order valence-electron chi connectivity index (χ2n) is 4.96. The fourth-order valence-electron chi connectivity index (χ4n) is 2.46. The molecule has 0 radical (unpaired) electrons. The molecule has 0 saturated carbocycles. The number of benzene rings is 1. The summed E-state index contributed by atoms with van der Waals surface area (Å²) in [4.78, 5) is 10.7. The predicted octanol–water partition coefficient (Wildman–Crippen LogP) is 2.04. The standard InChI is InChI=1S/C16H20O4/c1-2-12-9-11(10-15(17)16(18)19)3-4-14(12)13-5-7-20-8-6-13/h3-5,9,15,17H,2,6-8,10H2,1H3,(H,18,19)/t15-/m0/s1. The summed E-state index contributed by atoms with van der Waals surface area (Å²) < 4.78 is 5.32. The molecule has 0 bridgehead atoms. The summed E-state index contributed by atoms with van der Waals surface area (Å²) in [7, 11) is 0. The van der Waals surface area contributed by atoms with Crippen LogP contribution in [0.3, 0.4) is 0 Å². The van der Waals surface area contributed by atoms with Gasteiger partial charge in [0.1, 0.15) is 0 Å². The van der Waals surface area contributed by atoms with Crippen molar-refractivity contribution in [1.82, 2.24) is 0 Å². The van der Waals surface area contributed by atoms with Crippen LogP contribution in [0.25, 0.3) is 5.57 Å². The molecule has 0 aromatic heterocycles. The molecule has 1 aliphatic heterocycles. The number of rotatable bonds is 5. The summed E-state index contributed by atoms with van der Waals surface area (Å²) in [5.41, 5.74) is 4.55. The molecule has 0 amide bonds. The number of ether oxygens (including phenoxy) is 1. The van der Waals surface area contributed by atoms with E-state index in [0.717, 1.165) is 25.0 Å². The number of aryl methyl sites for hydroxylation is 1. The van der Waals surface area contributed by atoms with Crippen LogP contribution < -0.4 is 0 Å². The molecule has 1 atom stereocenters. The number of aliphatic hydroxyl groups is 1. The second-order valence-corrected chi connectivity index (χ2v) is 4.96. The number of aliphatic carboxylic acids is 1. The zero-order valence-corrected chi connectivity index (χ0v) is 11.6. The van der Waals surface area contributed by atoms with Crippen molar-refractivity contribution in [3.05, 3.63) is 41.0 Å². The molecular formula is C16H20O4. The third-order valence-electron chi connectivity index (χ3n) is 3.57. The van der Waals surface area contributed by atoms with Crippen molar-refractivity contribution in [3.63, 3.8) is 0 Å². The lowest BCUT2D eigenvalue weighted by Crippen LogP contribution is -2.22. The zero-order chi connectivity index (χ0) is 14.5. The van der Waals surface area contributed by atoms with Gasteiger partial charge in [-0.05, 0) is 35.1 Å². The van der Waals surface area contributed by atoms with E-state index in [4.69, 9.17) is 9.84 Å². The molecule has 0 aliphatic carbocycles. The van der Waals surface area contributed by atoms with Crippen molar-refractivity contribution < 1.29 is 19.7 Å². The van der Waals surface area contributed by atoms with Crippen LogP contribution >= 0.6 is 0 Å². The first-order chi connectivity index (χ1) is 9.61. The van der Waals surface area contributed by atoms with Crippen molar-refractivity contribution >= 4 is 11.5 Å². The molecule has 0 saturated heterocycles. The monoisotopic (exact) mass is 276 g/mol. The highest BCUT2D eigenvalue weighted by atomic mass is 16.5. The summed E-state index contributed by atoms with van der Waals surface area (Å²) in [5.74, 6) is -1.18. The van der Waals surface area contributed by atoms with Gasteiger partial charge in [-0.1, -0.05) is 31.2 Å². The fraction of sp³-hybridized carbons (Fsp3) is 0.438. The minimum Gasteiger partial charge on any atom is -0.479 e. The van der Waals surface area contributed by atoms with Gasteiger partial charge in [-0.25, -0.2) is 4.79 Å². The highest BCUT2D eigenvalue weighted by molar-refractivity contribution is 5.73. The maximum atomic E-state index is 10.7. The van der Waals surface area contributed by atoms with Crippen molar-refractivity contribution in [3.8, 4) is 0 Å². The summed E-state index contributed by atoms with van der Waals surface area (Å²) >= 11 is 0. The first-order valence-electron chi connectivity index (χ1n) is 6.91. The Morgan fingerprint density at radius 2 is 2.25 bits per heavy atom. The maximum absolute atomic E-state index is 10.7. The second kappa shape index (κ2) is 6.68. The molecule has 108 valence electrons. The lowest BCUT2D eigenvalue weighted by molar-refractivity contribution is -0.146. The highest BCUT2D eigenvalue weighted by Gasteiger charge is 2.15. The Morgan fingerprint density at radius 3 is 2.85 bits per heavy atom. The van der Waals surface area contributed by atoms with Crippen molar-refractivity contribution in [2.24, 2.45) is 0 Å². The van der Waals surface area contributed by atoms with Gasteiger partial charge < -0.3 is 14.9 Å². The number of hydrogen-bond donors (Lipinski definition) is 2. The number of carbonyl (C=O) groups is 1. The topological polar surface area (TPSA) is 66.8 Å². The van der Waals surface area contributed by atoms with E-state index in [0.29, 0.717) is 6.61 Å². The van der Waals surface area contributed by atoms with Gasteiger partial charge in [-0.2, -0.15) is 0 Å². The molecule has 1 aromatic carbocycles. The molecule has 4 nitrogen and oxygen atoms in total. The SMILES string of the molecule is CCc1cc(C[C@H](O)C(=O)O)ccc1C1=CCOCC1. The quantitative estimate of drug-likeness (QED) is 0.863. The van der Waals surface area contributed by atoms with Gasteiger partial charge in [0.15, 0.2) is 6.10 Å². The molecule has 1 aromatic rings. The number of hydrogen-bond acceptors (Lipinski definition) is 3. The molecule has 0 fully saturated rings. The summed E-state index contributed by atoms with van der Waals surface area (Å²) in [6, 6.07) is 5.93. The summed E-state index contributed by atoms with van der Waals surface area (Å²) in [5, 5.41) is 18.2. The summed E-state index contributed by atoms with van der Waals surface area (Å²) in [6.07, 6.45) is 2.69. The third kappa shape index (κ3) is 3.46. The Balaban J connectivity index is 2.23. The average Bonchev–Trinajstić information content (AvgIpc) is 2.47. The van der Waals surface area contributed by atoms with Gasteiger partial charge >= 0.3 is 5.97 Å². The lowest BCUT2D eigenvalue weighted by Gasteiger charge is -2.18. The third-order valence-corrected chi connectivity index (χ3v) is 3.57. The first-order valence-corrected chi connectivity index (χ1v) is 6.91. The van der Waals surface area contributed by atoms with Crippen molar-refractivity contribution in [1.29, 1.82) is 0 Å². The van der Waals surface area contributed by atoms with E-state index in [9.17, 15) is 9.90 Å². The Kier molecular flexibility index (Phi) is 4.93. The average molecular weight is 276 g/mol. The summed E-state index contributed by atoms with van der Waals surface area (Å²) in [6.45, 7) is 3.47. The predicted molar refractivity (Wildman–Crippen MR) is 76.6 cm³/mol. The van der Waals surface area contributed by atoms with Crippen LogP contribution in [-0.4, -0.2) is 35.5 Å². The normalized spacial score (nSPS) is 16.6. The number of carboxylic acid groups (broad SMARTS) is 1. The molecule has 0 spiro atoms.